The Bertz CT molecular complexity index is 2870. The van der Waals surface area contributed by atoms with Crippen molar-refractivity contribution < 1.29 is 55.3 Å². The van der Waals surface area contributed by atoms with E-state index >= 15 is 0 Å². The third-order valence-corrected chi connectivity index (χ3v) is 9.78. The second-order valence-corrected chi connectivity index (χ2v) is 16.0. The van der Waals surface area contributed by atoms with Crippen LogP contribution < -0.4 is 16.4 Å². The summed E-state index contributed by atoms with van der Waals surface area (Å²) >= 11 is 0. The number of methoxy groups -OCH3 is 1. The SMILES string of the molecule is COC(=O)c1coc(-c2nc(-c3nc(C(CCCCNC(=O)OC(C)(C)C)NC(=O)c4coc(-c5nc(-c6nc(C(N)Cc7ccc([N+](=O)[O-])cc7)oc6C)oc5C)n4)oc3C)oc2C)n1. The Morgan fingerprint density at radius 3 is 1.85 bits per heavy atom. The van der Waals surface area contributed by atoms with Gasteiger partial charge in [-0.1, -0.05) is 12.1 Å². The van der Waals surface area contributed by atoms with E-state index < -0.39 is 40.6 Å². The summed E-state index contributed by atoms with van der Waals surface area (Å²) in [5, 5.41) is 16.7. The molecule has 0 saturated heterocycles. The first-order chi connectivity index (χ1) is 31.4. The van der Waals surface area contributed by atoms with Gasteiger partial charge in [-0.15, -0.1) is 0 Å². The molecular formula is C43H46N10O13. The predicted octanol–water partition coefficient (Wildman–Crippen LogP) is 7.62. The molecule has 346 valence electrons. The lowest BCUT2D eigenvalue weighted by atomic mass is 10.1. The average molecular weight is 911 g/mol. The fourth-order valence-electron chi connectivity index (χ4n) is 6.56. The number of alkyl carbamates (subject to hydrolysis) is 1. The molecule has 0 bridgehead atoms. The lowest BCUT2D eigenvalue weighted by Crippen LogP contribution is -2.33. The molecule has 0 spiro atoms. The van der Waals surface area contributed by atoms with Crippen LogP contribution in [0.5, 0.6) is 0 Å². The number of nitro groups is 1. The molecule has 0 saturated carbocycles. The number of aryl methyl sites for hydroxylation is 4. The Hall–Kier alpha value is -7.95. The molecule has 0 aliphatic heterocycles. The van der Waals surface area contributed by atoms with Crippen LogP contribution in [-0.4, -0.2) is 72.1 Å². The van der Waals surface area contributed by atoms with Crippen molar-refractivity contribution in [1.29, 1.82) is 0 Å². The maximum absolute atomic E-state index is 13.9. The molecule has 23 heteroatoms. The zero-order valence-corrected chi connectivity index (χ0v) is 37.2. The minimum Gasteiger partial charge on any atom is -0.464 e. The zero-order valence-electron chi connectivity index (χ0n) is 37.2. The molecule has 0 fully saturated rings. The van der Waals surface area contributed by atoms with Gasteiger partial charge in [0.15, 0.2) is 34.2 Å². The van der Waals surface area contributed by atoms with Gasteiger partial charge in [-0.3, -0.25) is 14.9 Å². The van der Waals surface area contributed by atoms with E-state index in [2.05, 4.69) is 40.5 Å². The molecule has 2 unspecified atom stereocenters. The number of aromatic nitrogens is 6. The Balaban J connectivity index is 1.07. The van der Waals surface area contributed by atoms with Gasteiger partial charge in [0, 0.05) is 18.7 Å². The molecule has 6 aromatic heterocycles. The number of hydrogen-bond acceptors (Lipinski definition) is 20. The first-order valence-corrected chi connectivity index (χ1v) is 20.5. The van der Waals surface area contributed by atoms with E-state index in [1.807, 2.05) is 0 Å². The largest absolute Gasteiger partial charge is 0.464 e. The Morgan fingerprint density at radius 1 is 0.742 bits per heavy atom. The highest BCUT2D eigenvalue weighted by Crippen LogP contribution is 2.34. The summed E-state index contributed by atoms with van der Waals surface area (Å²) < 4.78 is 45.0. The predicted molar refractivity (Wildman–Crippen MR) is 227 cm³/mol. The Morgan fingerprint density at radius 2 is 1.27 bits per heavy atom. The Kier molecular flexibility index (Phi) is 13.3. The number of hydrogen-bond donors (Lipinski definition) is 3. The van der Waals surface area contributed by atoms with Gasteiger partial charge in [0.2, 0.25) is 35.3 Å². The summed E-state index contributed by atoms with van der Waals surface area (Å²) in [5.41, 5.74) is 7.28. The van der Waals surface area contributed by atoms with Crippen LogP contribution in [0.1, 0.15) is 113 Å². The molecule has 7 aromatic rings. The number of carbonyl (C=O) groups excluding carboxylic acids is 3. The summed E-state index contributed by atoms with van der Waals surface area (Å²) in [6.07, 6.45) is 3.41. The highest BCUT2D eigenvalue weighted by molar-refractivity contribution is 5.92. The molecule has 1 aromatic carbocycles. The maximum Gasteiger partial charge on any atom is 0.407 e. The van der Waals surface area contributed by atoms with E-state index in [1.165, 1.54) is 25.5 Å². The number of oxazole rings is 6. The lowest BCUT2D eigenvalue weighted by molar-refractivity contribution is -0.384. The molecule has 6 heterocycles. The van der Waals surface area contributed by atoms with E-state index in [4.69, 9.17) is 41.7 Å². The highest BCUT2D eigenvalue weighted by Gasteiger charge is 2.30. The van der Waals surface area contributed by atoms with Gasteiger partial charge in [0.1, 0.15) is 47.2 Å². The Labute approximate surface area is 375 Å². The fourth-order valence-corrected chi connectivity index (χ4v) is 6.56. The molecule has 0 aliphatic carbocycles. The number of ether oxygens (including phenoxy) is 2. The molecule has 66 heavy (non-hydrogen) atoms. The first-order valence-electron chi connectivity index (χ1n) is 20.5. The number of nitro benzene ring substituents is 1. The zero-order chi connectivity index (χ0) is 47.4. The van der Waals surface area contributed by atoms with Gasteiger partial charge in [-0.05, 0) is 79.7 Å². The van der Waals surface area contributed by atoms with Crippen molar-refractivity contribution in [3.8, 4) is 46.3 Å². The number of esters is 1. The van der Waals surface area contributed by atoms with E-state index in [0.717, 1.165) is 11.8 Å². The molecule has 2 amide bonds. The number of carbonyl (C=O) groups is 3. The normalized spacial score (nSPS) is 12.5. The van der Waals surface area contributed by atoms with Crippen molar-refractivity contribution in [2.75, 3.05) is 13.7 Å². The first kappa shape index (κ1) is 46.1. The third-order valence-electron chi connectivity index (χ3n) is 9.78. The van der Waals surface area contributed by atoms with E-state index in [1.54, 1.807) is 60.6 Å². The van der Waals surface area contributed by atoms with Crippen LogP contribution in [0, 0.1) is 37.8 Å². The average Bonchev–Trinajstić information content (AvgIpc) is 4.13. The minimum atomic E-state index is -0.812. The van der Waals surface area contributed by atoms with E-state index in [-0.39, 0.29) is 75.2 Å². The van der Waals surface area contributed by atoms with Gasteiger partial charge >= 0.3 is 12.1 Å². The smallest absolute Gasteiger partial charge is 0.407 e. The quantitative estimate of drug-likeness (QED) is 0.0342. The second kappa shape index (κ2) is 19.0. The van der Waals surface area contributed by atoms with E-state index in [0.29, 0.717) is 55.3 Å². The number of nitrogens with two attached hydrogens (primary N) is 1. The van der Waals surface area contributed by atoms with Crippen LogP contribution in [0.2, 0.25) is 0 Å². The number of benzene rings is 1. The van der Waals surface area contributed by atoms with Gasteiger partial charge in [0.25, 0.3) is 11.6 Å². The summed E-state index contributed by atoms with van der Waals surface area (Å²) in [5.74, 6) is 0.561. The summed E-state index contributed by atoms with van der Waals surface area (Å²) in [4.78, 5) is 75.4. The van der Waals surface area contributed by atoms with Gasteiger partial charge in [-0.25, -0.2) is 39.5 Å². The van der Waals surface area contributed by atoms with Crippen molar-refractivity contribution in [3.05, 3.63) is 98.7 Å². The molecular weight excluding hydrogens is 865 g/mol. The monoisotopic (exact) mass is 910 g/mol. The lowest BCUT2D eigenvalue weighted by Gasteiger charge is -2.19. The van der Waals surface area contributed by atoms with Crippen LogP contribution in [0.3, 0.4) is 0 Å². The van der Waals surface area contributed by atoms with Crippen molar-refractivity contribution in [1.82, 2.24) is 40.5 Å². The molecule has 23 nitrogen and oxygen atoms in total. The summed E-state index contributed by atoms with van der Waals surface area (Å²) in [6.45, 7) is 12.2. The maximum atomic E-state index is 13.9. The second-order valence-electron chi connectivity index (χ2n) is 16.0. The number of nitrogens with zero attached hydrogens (tertiary/aromatic N) is 7. The molecule has 0 radical (unpaired) electrons. The van der Waals surface area contributed by atoms with Crippen molar-refractivity contribution >= 4 is 23.7 Å². The number of amides is 2. The van der Waals surface area contributed by atoms with Crippen molar-refractivity contribution in [3.63, 3.8) is 0 Å². The summed E-state index contributed by atoms with van der Waals surface area (Å²) in [6, 6.07) is 4.54. The van der Waals surface area contributed by atoms with E-state index in [9.17, 15) is 24.5 Å². The number of rotatable bonds is 17. The van der Waals surface area contributed by atoms with Gasteiger partial charge < -0.3 is 52.3 Å². The van der Waals surface area contributed by atoms with Crippen molar-refractivity contribution in [2.45, 2.75) is 91.8 Å². The van der Waals surface area contributed by atoms with Crippen molar-refractivity contribution in [2.24, 2.45) is 5.73 Å². The topological polar surface area (TPSA) is 319 Å². The van der Waals surface area contributed by atoms with Crippen LogP contribution >= 0.6 is 0 Å². The number of unbranched alkanes of at least 4 members (excludes halogenated alkanes) is 1. The molecule has 0 aliphatic rings. The molecule has 2 atom stereocenters. The van der Waals surface area contributed by atoms with Gasteiger partial charge in [-0.2, -0.15) is 0 Å². The summed E-state index contributed by atoms with van der Waals surface area (Å²) in [7, 11) is 1.22. The number of non-ortho nitro benzene ring substituents is 1. The fraction of sp³-hybridized carbons (Fsp3) is 0.372. The molecule has 7 rings (SSSR count). The number of nitrogens with one attached hydrogen (secondary N) is 2. The standard InChI is InChI=1S/C43H46N10O13/c1-20-30(51-39(64-20)32-22(3)62-35(49-32)26(44)17-24-12-14-25(15-13-24)53(57)58)37-47-28(18-60-37)34(54)46-27(11-9-10-16-45-42(56)66-43(5,6)7)36-50-33(23(4)63-36)40-52-31(21(2)65-40)38-48-29(19-61-38)41(55)59-8/h12-15,18-19,26-27H,9-11,16-17,44H2,1-8H3,(H,45,56)(H,46,54). The highest BCUT2D eigenvalue weighted by atomic mass is 16.6. The van der Waals surface area contributed by atoms with Crippen LogP contribution in [-0.2, 0) is 15.9 Å². The minimum absolute atomic E-state index is 0.0114. The van der Waals surface area contributed by atoms with Crippen LogP contribution in [0.4, 0.5) is 10.5 Å². The van der Waals surface area contributed by atoms with Crippen LogP contribution in [0.25, 0.3) is 46.3 Å². The third kappa shape index (κ3) is 10.5. The molecule has 4 N–H and O–H groups in total. The van der Waals surface area contributed by atoms with Crippen LogP contribution in [0.15, 0.2) is 63.3 Å². The van der Waals surface area contributed by atoms with Gasteiger partial charge in [0.05, 0.1) is 18.1 Å².